The van der Waals surface area contributed by atoms with Crippen LogP contribution >= 0.6 is 0 Å². The second-order valence-corrected chi connectivity index (χ2v) is 5.76. The molecule has 1 fully saturated rings. The highest BCUT2D eigenvalue weighted by Crippen LogP contribution is 2.15. The van der Waals surface area contributed by atoms with Crippen LogP contribution in [0.25, 0.3) is 0 Å². The number of ketones is 1. The summed E-state index contributed by atoms with van der Waals surface area (Å²) in [5, 5.41) is 0. The minimum absolute atomic E-state index is 0.119. The SMILES string of the molecule is CCCc1cccc(C(=O)C2CN(C(C)C)CCO2)c1. The number of carbonyl (C=O) groups excluding carboxylic acids is 1. The standard InChI is InChI=1S/C17H25NO2/c1-4-6-14-7-5-8-15(11-14)17(19)16-12-18(13(2)3)9-10-20-16/h5,7-8,11,13,16H,4,6,9-10,12H2,1-3H3. The monoisotopic (exact) mass is 275 g/mol. The Hall–Kier alpha value is -1.19. The molecule has 1 unspecified atom stereocenters. The number of hydrogen-bond donors (Lipinski definition) is 0. The first kappa shape index (κ1) is 15.2. The second kappa shape index (κ2) is 7.00. The van der Waals surface area contributed by atoms with E-state index in [1.807, 2.05) is 18.2 Å². The maximum atomic E-state index is 12.6. The molecule has 0 amide bonds. The summed E-state index contributed by atoms with van der Waals surface area (Å²) in [5.74, 6) is 0.119. The van der Waals surface area contributed by atoms with E-state index in [4.69, 9.17) is 4.74 Å². The lowest BCUT2D eigenvalue weighted by atomic mass is 10.0. The lowest BCUT2D eigenvalue weighted by Crippen LogP contribution is -2.48. The van der Waals surface area contributed by atoms with Crippen molar-refractivity contribution >= 4 is 5.78 Å². The Morgan fingerprint density at radius 3 is 2.95 bits per heavy atom. The maximum Gasteiger partial charge on any atom is 0.192 e. The van der Waals surface area contributed by atoms with Crippen LogP contribution < -0.4 is 0 Å². The van der Waals surface area contributed by atoms with Crippen molar-refractivity contribution in [2.24, 2.45) is 0 Å². The van der Waals surface area contributed by atoms with Gasteiger partial charge in [0.25, 0.3) is 0 Å². The summed E-state index contributed by atoms with van der Waals surface area (Å²) in [6, 6.07) is 8.44. The normalized spacial score (nSPS) is 20.3. The van der Waals surface area contributed by atoms with Gasteiger partial charge in [0.05, 0.1) is 6.61 Å². The van der Waals surface area contributed by atoms with E-state index in [1.165, 1.54) is 5.56 Å². The Kier molecular flexibility index (Phi) is 5.32. The molecule has 0 aromatic heterocycles. The highest BCUT2D eigenvalue weighted by molar-refractivity contribution is 5.99. The van der Waals surface area contributed by atoms with Crippen LogP contribution in [0, 0.1) is 0 Å². The third kappa shape index (κ3) is 3.68. The number of benzene rings is 1. The molecule has 0 saturated carbocycles. The van der Waals surface area contributed by atoms with Crippen LogP contribution in [0.2, 0.25) is 0 Å². The van der Waals surface area contributed by atoms with Crippen LogP contribution in [0.4, 0.5) is 0 Å². The molecule has 0 bridgehead atoms. The number of hydrogen-bond acceptors (Lipinski definition) is 3. The molecule has 110 valence electrons. The second-order valence-electron chi connectivity index (χ2n) is 5.76. The number of carbonyl (C=O) groups is 1. The van der Waals surface area contributed by atoms with Crippen molar-refractivity contribution in [3.63, 3.8) is 0 Å². The van der Waals surface area contributed by atoms with Gasteiger partial charge in [0, 0.05) is 24.7 Å². The Labute approximate surface area is 121 Å². The molecular weight excluding hydrogens is 250 g/mol. The number of nitrogens with zero attached hydrogens (tertiary/aromatic N) is 1. The van der Waals surface area contributed by atoms with Gasteiger partial charge in [-0.15, -0.1) is 0 Å². The third-order valence-corrected chi connectivity index (χ3v) is 3.87. The van der Waals surface area contributed by atoms with E-state index in [1.54, 1.807) is 0 Å². The molecule has 0 radical (unpaired) electrons. The van der Waals surface area contributed by atoms with Crippen molar-refractivity contribution in [1.29, 1.82) is 0 Å². The molecule has 3 nitrogen and oxygen atoms in total. The summed E-state index contributed by atoms with van der Waals surface area (Å²) in [7, 11) is 0. The van der Waals surface area contributed by atoms with Gasteiger partial charge in [0.2, 0.25) is 0 Å². The molecule has 2 rings (SSSR count). The zero-order chi connectivity index (χ0) is 14.5. The van der Waals surface area contributed by atoms with Crippen LogP contribution in [0.5, 0.6) is 0 Å². The van der Waals surface area contributed by atoms with Crippen molar-refractivity contribution in [1.82, 2.24) is 4.90 Å². The van der Waals surface area contributed by atoms with Crippen LogP contribution in [0.1, 0.15) is 43.1 Å². The van der Waals surface area contributed by atoms with Gasteiger partial charge in [-0.3, -0.25) is 9.69 Å². The first-order valence-corrected chi connectivity index (χ1v) is 7.60. The first-order valence-electron chi connectivity index (χ1n) is 7.60. The molecule has 1 aliphatic rings. The van der Waals surface area contributed by atoms with Crippen molar-refractivity contribution in [3.05, 3.63) is 35.4 Å². The van der Waals surface area contributed by atoms with E-state index < -0.39 is 0 Å². The molecule has 1 saturated heterocycles. The van der Waals surface area contributed by atoms with Gasteiger partial charge < -0.3 is 4.74 Å². The minimum Gasteiger partial charge on any atom is -0.367 e. The van der Waals surface area contributed by atoms with E-state index >= 15 is 0 Å². The van der Waals surface area contributed by atoms with Gasteiger partial charge in [-0.25, -0.2) is 0 Å². The van der Waals surface area contributed by atoms with Crippen molar-refractivity contribution < 1.29 is 9.53 Å². The van der Waals surface area contributed by atoms with E-state index in [0.717, 1.165) is 24.9 Å². The van der Waals surface area contributed by atoms with Gasteiger partial charge in [-0.2, -0.15) is 0 Å². The highest BCUT2D eigenvalue weighted by atomic mass is 16.5. The largest absolute Gasteiger partial charge is 0.367 e. The molecule has 1 atom stereocenters. The number of rotatable bonds is 5. The molecule has 20 heavy (non-hydrogen) atoms. The summed E-state index contributed by atoms with van der Waals surface area (Å²) >= 11 is 0. The molecule has 1 aromatic rings. The third-order valence-electron chi connectivity index (χ3n) is 3.87. The number of morpholine rings is 1. The Balaban J connectivity index is 2.08. The van der Waals surface area contributed by atoms with Crippen molar-refractivity contribution in [3.8, 4) is 0 Å². The smallest absolute Gasteiger partial charge is 0.192 e. The Morgan fingerprint density at radius 2 is 2.25 bits per heavy atom. The molecule has 0 N–H and O–H groups in total. The minimum atomic E-state index is -0.317. The molecule has 1 heterocycles. The maximum absolute atomic E-state index is 12.6. The van der Waals surface area contributed by atoms with Gasteiger partial charge >= 0.3 is 0 Å². The average molecular weight is 275 g/mol. The summed E-state index contributed by atoms with van der Waals surface area (Å²) in [6.07, 6.45) is 1.80. The van der Waals surface area contributed by atoms with E-state index in [0.29, 0.717) is 19.2 Å². The van der Waals surface area contributed by atoms with Crippen LogP contribution in [0.15, 0.2) is 24.3 Å². The Morgan fingerprint density at radius 1 is 1.45 bits per heavy atom. The van der Waals surface area contributed by atoms with Gasteiger partial charge in [0.1, 0.15) is 6.10 Å². The number of aryl methyl sites for hydroxylation is 1. The summed E-state index contributed by atoms with van der Waals surface area (Å²) in [4.78, 5) is 14.9. The fraction of sp³-hybridized carbons (Fsp3) is 0.588. The van der Waals surface area contributed by atoms with Crippen molar-refractivity contribution in [2.45, 2.75) is 45.8 Å². The van der Waals surface area contributed by atoms with E-state index in [2.05, 4.69) is 31.7 Å². The molecular formula is C17H25NO2. The van der Waals surface area contributed by atoms with Gasteiger partial charge in [-0.05, 0) is 31.9 Å². The van der Waals surface area contributed by atoms with Crippen LogP contribution in [-0.2, 0) is 11.2 Å². The predicted molar refractivity (Wildman–Crippen MR) is 81.2 cm³/mol. The highest BCUT2D eigenvalue weighted by Gasteiger charge is 2.28. The molecule has 0 aliphatic carbocycles. The zero-order valence-corrected chi connectivity index (χ0v) is 12.8. The van der Waals surface area contributed by atoms with Gasteiger partial charge in [-0.1, -0.05) is 31.5 Å². The predicted octanol–water partition coefficient (Wildman–Crippen LogP) is 2.93. The fourth-order valence-electron chi connectivity index (χ4n) is 2.65. The van der Waals surface area contributed by atoms with Crippen molar-refractivity contribution in [2.75, 3.05) is 19.7 Å². The lowest BCUT2D eigenvalue weighted by molar-refractivity contribution is -0.0256. The lowest BCUT2D eigenvalue weighted by Gasteiger charge is -2.34. The summed E-state index contributed by atoms with van der Waals surface area (Å²) in [5.41, 5.74) is 2.02. The molecule has 3 heteroatoms. The number of Topliss-reactive ketones (excluding diaryl/α,β-unsaturated/α-hetero) is 1. The van der Waals surface area contributed by atoms with E-state index in [-0.39, 0.29) is 11.9 Å². The Bertz CT molecular complexity index is 456. The van der Waals surface area contributed by atoms with Crippen LogP contribution in [0.3, 0.4) is 0 Å². The zero-order valence-electron chi connectivity index (χ0n) is 12.8. The summed E-state index contributed by atoms with van der Waals surface area (Å²) in [6.45, 7) is 8.73. The quantitative estimate of drug-likeness (QED) is 0.774. The fourth-order valence-corrected chi connectivity index (χ4v) is 2.65. The summed E-state index contributed by atoms with van der Waals surface area (Å²) < 4.78 is 5.68. The molecule has 1 aromatic carbocycles. The topological polar surface area (TPSA) is 29.5 Å². The van der Waals surface area contributed by atoms with Gasteiger partial charge in [0.15, 0.2) is 5.78 Å². The molecule has 0 spiro atoms. The van der Waals surface area contributed by atoms with E-state index in [9.17, 15) is 4.79 Å². The molecule has 1 aliphatic heterocycles. The number of ether oxygens (including phenoxy) is 1. The first-order chi connectivity index (χ1) is 9.61. The van der Waals surface area contributed by atoms with Crippen LogP contribution in [-0.4, -0.2) is 42.5 Å². The average Bonchev–Trinajstić information content (AvgIpc) is 2.47.